The molecule has 3 N–H and O–H groups in total. The fourth-order valence-corrected chi connectivity index (χ4v) is 3.51. The highest BCUT2D eigenvalue weighted by atomic mass is 15.0. The Balaban J connectivity index is 1.87. The first kappa shape index (κ1) is 12.4. The van der Waals surface area contributed by atoms with Crippen LogP contribution in [0.5, 0.6) is 0 Å². The van der Waals surface area contributed by atoms with Crippen molar-refractivity contribution < 1.29 is 0 Å². The first-order valence-electron chi connectivity index (χ1n) is 7.17. The smallest absolute Gasteiger partial charge is 0.0332 e. The van der Waals surface area contributed by atoms with Crippen molar-refractivity contribution in [2.75, 3.05) is 13.1 Å². The zero-order valence-corrected chi connectivity index (χ0v) is 11.0. The van der Waals surface area contributed by atoms with Crippen molar-refractivity contribution in [3.05, 3.63) is 0 Å². The third kappa shape index (κ3) is 2.43. The van der Waals surface area contributed by atoms with Gasteiger partial charge in [0.1, 0.15) is 0 Å². The van der Waals surface area contributed by atoms with E-state index in [0.29, 0.717) is 0 Å². The highest BCUT2D eigenvalue weighted by Crippen LogP contribution is 2.39. The topological polar surface area (TPSA) is 38.0 Å². The summed E-state index contributed by atoms with van der Waals surface area (Å²) in [5, 5.41) is 3.84. The molecule has 0 heterocycles. The van der Waals surface area contributed by atoms with Gasteiger partial charge in [-0.2, -0.15) is 0 Å². The van der Waals surface area contributed by atoms with E-state index in [-0.39, 0.29) is 5.54 Å². The highest BCUT2D eigenvalue weighted by molar-refractivity contribution is 5.00. The van der Waals surface area contributed by atoms with Gasteiger partial charge in [0.25, 0.3) is 0 Å². The van der Waals surface area contributed by atoms with E-state index in [4.69, 9.17) is 5.73 Å². The molecular formula is C14H28N2. The minimum Gasteiger partial charge on any atom is -0.329 e. The molecule has 2 aliphatic carbocycles. The molecule has 0 aromatic rings. The van der Waals surface area contributed by atoms with Gasteiger partial charge < -0.3 is 11.1 Å². The molecule has 2 heteroatoms. The molecule has 3 unspecified atom stereocenters. The molecule has 0 radical (unpaired) electrons. The summed E-state index contributed by atoms with van der Waals surface area (Å²) in [5.41, 5.74) is 6.33. The van der Waals surface area contributed by atoms with Gasteiger partial charge in [0, 0.05) is 12.1 Å². The highest BCUT2D eigenvalue weighted by Gasteiger charge is 2.41. The number of rotatable bonds is 6. The molecule has 0 aromatic heterocycles. The van der Waals surface area contributed by atoms with E-state index in [9.17, 15) is 0 Å². The van der Waals surface area contributed by atoms with Crippen molar-refractivity contribution in [1.82, 2.24) is 5.32 Å². The van der Waals surface area contributed by atoms with Crippen molar-refractivity contribution in [3.8, 4) is 0 Å². The van der Waals surface area contributed by atoms with Crippen LogP contribution in [0.25, 0.3) is 0 Å². The Hall–Kier alpha value is -0.0800. The maximum atomic E-state index is 6.05. The van der Waals surface area contributed by atoms with Gasteiger partial charge in [-0.15, -0.1) is 0 Å². The normalized spacial score (nSPS) is 36.6. The third-order valence-corrected chi connectivity index (χ3v) is 5.02. The minimum atomic E-state index is 0.276. The van der Waals surface area contributed by atoms with Gasteiger partial charge in [-0.1, -0.05) is 26.7 Å². The molecule has 2 aliphatic rings. The number of nitrogens with one attached hydrogen (secondary N) is 1. The minimum absolute atomic E-state index is 0.276. The van der Waals surface area contributed by atoms with E-state index in [1.807, 2.05) is 0 Å². The lowest BCUT2D eigenvalue weighted by Crippen LogP contribution is -2.55. The molecule has 2 saturated carbocycles. The molecule has 0 amide bonds. The van der Waals surface area contributed by atoms with Crippen LogP contribution in [0, 0.1) is 17.8 Å². The molecule has 2 nitrogen and oxygen atoms in total. The molecule has 0 spiro atoms. The van der Waals surface area contributed by atoms with Gasteiger partial charge >= 0.3 is 0 Å². The number of hydrogen-bond donors (Lipinski definition) is 2. The Morgan fingerprint density at radius 1 is 1.38 bits per heavy atom. The van der Waals surface area contributed by atoms with E-state index in [1.54, 1.807) is 0 Å². The van der Waals surface area contributed by atoms with Crippen LogP contribution in [0.1, 0.15) is 52.4 Å². The summed E-state index contributed by atoms with van der Waals surface area (Å²) in [6.45, 7) is 6.71. The monoisotopic (exact) mass is 224 g/mol. The van der Waals surface area contributed by atoms with Gasteiger partial charge in [-0.3, -0.25) is 0 Å². The van der Waals surface area contributed by atoms with E-state index in [1.165, 1.54) is 45.1 Å². The van der Waals surface area contributed by atoms with Gasteiger partial charge in [-0.05, 0) is 50.0 Å². The first-order valence-corrected chi connectivity index (χ1v) is 7.17. The zero-order valence-electron chi connectivity index (χ0n) is 11.0. The van der Waals surface area contributed by atoms with Gasteiger partial charge in [0.05, 0.1) is 0 Å². The van der Waals surface area contributed by atoms with Crippen LogP contribution < -0.4 is 11.1 Å². The van der Waals surface area contributed by atoms with Crippen molar-refractivity contribution >= 4 is 0 Å². The molecule has 3 atom stereocenters. The van der Waals surface area contributed by atoms with Crippen LogP contribution in [0.2, 0.25) is 0 Å². The summed E-state index contributed by atoms with van der Waals surface area (Å²) in [4.78, 5) is 0. The molecular weight excluding hydrogens is 196 g/mol. The molecule has 0 aromatic carbocycles. The van der Waals surface area contributed by atoms with Crippen molar-refractivity contribution in [2.45, 2.75) is 57.9 Å². The van der Waals surface area contributed by atoms with Gasteiger partial charge in [0.2, 0.25) is 0 Å². The Morgan fingerprint density at radius 2 is 2.12 bits per heavy atom. The molecule has 94 valence electrons. The van der Waals surface area contributed by atoms with Crippen LogP contribution in [-0.4, -0.2) is 18.6 Å². The summed E-state index contributed by atoms with van der Waals surface area (Å²) >= 11 is 0. The van der Waals surface area contributed by atoms with Crippen molar-refractivity contribution in [1.29, 1.82) is 0 Å². The van der Waals surface area contributed by atoms with Crippen LogP contribution in [-0.2, 0) is 0 Å². The summed E-state index contributed by atoms with van der Waals surface area (Å²) in [6, 6.07) is 0. The third-order valence-electron chi connectivity index (χ3n) is 5.02. The molecule has 2 fully saturated rings. The van der Waals surface area contributed by atoms with Gasteiger partial charge in [0.15, 0.2) is 0 Å². The second-order valence-electron chi connectivity index (χ2n) is 6.05. The summed E-state index contributed by atoms with van der Waals surface area (Å²) in [7, 11) is 0. The SMILES string of the molecule is CCC1CCCC1(CN)NCC(C)C1CC1. The van der Waals surface area contributed by atoms with Crippen LogP contribution in [0.15, 0.2) is 0 Å². The Labute approximate surface area is 100 Å². The van der Waals surface area contributed by atoms with Crippen molar-refractivity contribution in [3.63, 3.8) is 0 Å². The predicted molar refractivity (Wildman–Crippen MR) is 69.3 cm³/mol. The van der Waals surface area contributed by atoms with Crippen LogP contribution in [0.3, 0.4) is 0 Å². The maximum Gasteiger partial charge on any atom is 0.0332 e. The largest absolute Gasteiger partial charge is 0.329 e. The number of nitrogens with two attached hydrogens (primary N) is 1. The summed E-state index contributed by atoms with van der Waals surface area (Å²) in [5.74, 6) is 2.66. The average molecular weight is 224 g/mol. The fourth-order valence-electron chi connectivity index (χ4n) is 3.51. The standard InChI is InChI=1S/C14H28N2/c1-3-13-5-4-8-14(13,10-15)16-9-11(2)12-6-7-12/h11-13,16H,3-10,15H2,1-2H3. The zero-order chi connectivity index (χ0) is 11.6. The van der Waals surface area contributed by atoms with E-state index in [2.05, 4.69) is 19.2 Å². The molecule has 0 aliphatic heterocycles. The quantitative estimate of drug-likeness (QED) is 0.727. The molecule has 0 bridgehead atoms. The Bertz CT molecular complexity index is 225. The lowest BCUT2D eigenvalue weighted by atomic mass is 9.84. The van der Waals surface area contributed by atoms with E-state index >= 15 is 0 Å². The maximum absolute atomic E-state index is 6.05. The summed E-state index contributed by atoms with van der Waals surface area (Å²) < 4.78 is 0. The average Bonchev–Trinajstić information content (AvgIpc) is 3.07. The molecule has 2 rings (SSSR count). The molecule has 0 saturated heterocycles. The first-order chi connectivity index (χ1) is 7.72. The van der Waals surface area contributed by atoms with Crippen LogP contribution in [0.4, 0.5) is 0 Å². The fraction of sp³-hybridized carbons (Fsp3) is 1.00. The second-order valence-corrected chi connectivity index (χ2v) is 6.05. The molecule has 16 heavy (non-hydrogen) atoms. The second kappa shape index (κ2) is 5.05. The lowest BCUT2D eigenvalue weighted by Gasteiger charge is -2.36. The lowest BCUT2D eigenvalue weighted by molar-refractivity contribution is 0.229. The number of hydrogen-bond acceptors (Lipinski definition) is 2. The van der Waals surface area contributed by atoms with Crippen molar-refractivity contribution in [2.24, 2.45) is 23.5 Å². The predicted octanol–water partition coefficient (Wildman–Crippen LogP) is 2.53. The van der Waals surface area contributed by atoms with E-state index in [0.717, 1.165) is 24.3 Å². The Kier molecular flexibility index (Phi) is 3.91. The van der Waals surface area contributed by atoms with Crippen LogP contribution >= 0.6 is 0 Å². The van der Waals surface area contributed by atoms with E-state index < -0.39 is 0 Å². The Morgan fingerprint density at radius 3 is 2.69 bits per heavy atom. The summed E-state index contributed by atoms with van der Waals surface area (Å²) in [6.07, 6.45) is 8.21. The van der Waals surface area contributed by atoms with Gasteiger partial charge in [-0.25, -0.2) is 0 Å².